The summed E-state index contributed by atoms with van der Waals surface area (Å²) in [6.45, 7) is 0.722. The van der Waals surface area contributed by atoms with Gasteiger partial charge in [-0.3, -0.25) is 19.3 Å². The number of nitrogens with zero attached hydrogens (tertiary/aromatic N) is 3. The second-order valence-corrected chi connectivity index (χ2v) is 11.0. The number of hydrogen-bond donors (Lipinski definition) is 1. The predicted molar refractivity (Wildman–Crippen MR) is 136 cm³/mol. The molecule has 0 spiro atoms. The van der Waals surface area contributed by atoms with Crippen molar-refractivity contribution in [2.45, 2.75) is 22.9 Å². The number of halogens is 2. The molecule has 2 aromatic heterocycles. The van der Waals surface area contributed by atoms with Gasteiger partial charge >= 0.3 is 0 Å². The van der Waals surface area contributed by atoms with Crippen molar-refractivity contribution in [3.8, 4) is 5.75 Å². The maximum Gasteiger partial charge on any atom is 0.278 e. The first kappa shape index (κ1) is 22.8. The van der Waals surface area contributed by atoms with Crippen molar-refractivity contribution in [3.63, 3.8) is 0 Å². The van der Waals surface area contributed by atoms with Crippen LogP contribution in [0.5, 0.6) is 5.75 Å². The van der Waals surface area contributed by atoms with Crippen molar-refractivity contribution in [3.05, 3.63) is 92.2 Å². The molecular weight excluding hydrogens is 520 g/mol. The van der Waals surface area contributed by atoms with Crippen molar-refractivity contribution in [1.82, 2.24) is 9.58 Å². The van der Waals surface area contributed by atoms with E-state index in [4.69, 9.17) is 4.74 Å². The molecule has 3 aliphatic heterocycles. The van der Waals surface area contributed by atoms with Crippen LogP contribution < -0.4 is 10.4 Å². The smallest absolute Gasteiger partial charge is 0.278 e. The van der Waals surface area contributed by atoms with E-state index in [1.165, 1.54) is 28.7 Å². The highest BCUT2D eigenvalue weighted by Gasteiger charge is 2.46. The van der Waals surface area contributed by atoms with Gasteiger partial charge in [-0.25, -0.2) is 8.78 Å². The minimum atomic E-state index is -0.927. The van der Waals surface area contributed by atoms with Gasteiger partial charge in [0.25, 0.3) is 5.91 Å². The monoisotopic (exact) mass is 539 g/mol. The SMILES string of the molecule is O=C1c2c(O)c(=O)ccn2N([C@H]2c3ccc(F)c(F)c3CSc3c2ccc2ccsc32)[C@@H]2COCCN12. The van der Waals surface area contributed by atoms with Crippen LogP contribution in [0.25, 0.3) is 10.1 Å². The second kappa shape index (κ2) is 8.30. The van der Waals surface area contributed by atoms with Crippen molar-refractivity contribution < 1.29 is 23.4 Å². The van der Waals surface area contributed by atoms with Crippen LogP contribution in [-0.4, -0.2) is 46.5 Å². The molecule has 1 saturated heterocycles. The number of morpholine rings is 1. The Kier molecular flexibility index (Phi) is 5.11. The van der Waals surface area contributed by atoms with E-state index in [9.17, 15) is 19.1 Å². The third-order valence-electron chi connectivity index (χ3n) is 7.23. The summed E-state index contributed by atoms with van der Waals surface area (Å²) in [6.07, 6.45) is 0.832. The van der Waals surface area contributed by atoms with Gasteiger partial charge in [0.05, 0.1) is 19.3 Å². The van der Waals surface area contributed by atoms with Gasteiger partial charge in [-0.15, -0.1) is 23.1 Å². The zero-order valence-electron chi connectivity index (χ0n) is 19.2. The summed E-state index contributed by atoms with van der Waals surface area (Å²) in [4.78, 5) is 28.3. The quantitative estimate of drug-likeness (QED) is 0.391. The summed E-state index contributed by atoms with van der Waals surface area (Å²) in [6, 6.07) is 9.21. The molecule has 0 bridgehead atoms. The van der Waals surface area contributed by atoms with Crippen LogP contribution >= 0.6 is 23.1 Å². The molecule has 37 heavy (non-hydrogen) atoms. The number of benzene rings is 2. The number of rotatable bonds is 1. The van der Waals surface area contributed by atoms with Crippen molar-refractivity contribution in [2.75, 3.05) is 24.8 Å². The normalized spacial score (nSPS) is 20.8. The minimum Gasteiger partial charge on any atom is -0.502 e. The Morgan fingerprint density at radius 1 is 1.05 bits per heavy atom. The van der Waals surface area contributed by atoms with Gasteiger partial charge in [0, 0.05) is 39.7 Å². The maximum atomic E-state index is 15.3. The Bertz CT molecular complexity index is 1670. The van der Waals surface area contributed by atoms with Crippen LogP contribution in [0, 0.1) is 11.6 Å². The van der Waals surface area contributed by atoms with Crippen LogP contribution in [0.3, 0.4) is 0 Å². The summed E-state index contributed by atoms with van der Waals surface area (Å²) in [7, 11) is 0. The molecule has 11 heteroatoms. The first-order valence-corrected chi connectivity index (χ1v) is 13.5. The molecule has 0 saturated carbocycles. The van der Waals surface area contributed by atoms with Gasteiger partial charge in [0.15, 0.2) is 23.1 Å². The molecule has 188 valence electrons. The molecule has 7 rings (SSSR count). The standard InChI is InChI=1S/C26H19F2N3O4S2/c27-17-4-3-14-16(20(17)28)12-37-25-15(2-1-13-6-10-36-24(13)25)21(14)31-19-11-35-9-8-29(19)26(34)22-23(33)18(32)5-7-30(22)31/h1-7,10,19,21,33H,8-9,11-12H2/t19-,21+/m1/s1. The first-order valence-electron chi connectivity index (χ1n) is 11.7. The number of thiophene rings is 1. The third kappa shape index (κ3) is 3.20. The van der Waals surface area contributed by atoms with Crippen LogP contribution in [0.4, 0.5) is 8.78 Å². The van der Waals surface area contributed by atoms with E-state index in [-0.39, 0.29) is 30.2 Å². The van der Waals surface area contributed by atoms with E-state index >= 15 is 4.39 Å². The van der Waals surface area contributed by atoms with Crippen molar-refractivity contribution in [2.24, 2.45) is 0 Å². The number of pyridine rings is 1. The molecule has 0 aliphatic carbocycles. The zero-order chi connectivity index (χ0) is 25.4. The molecule has 1 N–H and O–H groups in total. The Hall–Kier alpha value is -3.41. The topological polar surface area (TPSA) is 75.0 Å². The van der Waals surface area contributed by atoms with Gasteiger partial charge in [-0.2, -0.15) is 0 Å². The lowest BCUT2D eigenvalue weighted by Crippen LogP contribution is -2.66. The van der Waals surface area contributed by atoms with E-state index in [2.05, 4.69) is 0 Å². The van der Waals surface area contributed by atoms with Crippen molar-refractivity contribution in [1.29, 1.82) is 0 Å². The number of aromatic hydroxyl groups is 1. The number of carbonyl (C=O) groups is 1. The molecule has 1 amide bonds. The average molecular weight is 540 g/mol. The second-order valence-electron chi connectivity index (χ2n) is 9.10. The number of fused-ring (bicyclic) bond motifs is 6. The molecule has 3 aliphatic rings. The number of thioether (sulfide) groups is 1. The summed E-state index contributed by atoms with van der Waals surface area (Å²) >= 11 is 3.03. The van der Waals surface area contributed by atoms with Gasteiger partial charge in [0.1, 0.15) is 6.17 Å². The largest absolute Gasteiger partial charge is 0.502 e. The summed E-state index contributed by atoms with van der Waals surface area (Å²) in [5.41, 5.74) is 0.809. The van der Waals surface area contributed by atoms with Crippen LogP contribution in [0.1, 0.15) is 33.2 Å². The molecule has 0 unspecified atom stereocenters. The maximum absolute atomic E-state index is 15.3. The number of ether oxygens (including phenoxy) is 1. The Balaban J connectivity index is 1.57. The fraction of sp³-hybridized carbons (Fsp3) is 0.231. The lowest BCUT2D eigenvalue weighted by atomic mass is 9.92. The van der Waals surface area contributed by atoms with E-state index < -0.39 is 40.9 Å². The Morgan fingerprint density at radius 2 is 1.89 bits per heavy atom. The lowest BCUT2D eigenvalue weighted by molar-refractivity contribution is -0.0197. The van der Waals surface area contributed by atoms with Crippen LogP contribution in [-0.2, 0) is 10.5 Å². The van der Waals surface area contributed by atoms with E-state index in [0.29, 0.717) is 12.2 Å². The molecule has 2 aromatic carbocycles. The van der Waals surface area contributed by atoms with Crippen LogP contribution in [0.15, 0.2) is 57.7 Å². The molecule has 2 atom stereocenters. The van der Waals surface area contributed by atoms with Gasteiger partial charge < -0.3 is 14.7 Å². The third-order valence-corrected chi connectivity index (χ3v) is 9.47. The molecular formula is C26H19F2N3O4S2. The minimum absolute atomic E-state index is 0.162. The summed E-state index contributed by atoms with van der Waals surface area (Å²) in [5, 5.41) is 15.6. The molecule has 4 aromatic rings. The Labute approximate surface area is 217 Å². The summed E-state index contributed by atoms with van der Waals surface area (Å²) < 4.78 is 38.0. The zero-order valence-corrected chi connectivity index (χ0v) is 20.8. The Morgan fingerprint density at radius 3 is 2.76 bits per heavy atom. The highest BCUT2D eigenvalue weighted by Crippen LogP contribution is 2.48. The molecule has 1 fully saturated rings. The molecule has 7 nitrogen and oxygen atoms in total. The van der Waals surface area contributed by atoms with E-state index in [1.807, 2.05) is 28.6 Å². The first-order chi connectivity index (χ1) is 18.0. The van der Waals surface area contributed by atoms with Crippen LogP contribution in [0.2, 0.25) is 0 Å². The summed E-state index contributed by atoms with van der Waals surface area (Å²) in [5.74, 6) is -2.74. The number of hydrogen-bond acceptors (Lipinski definition) is 7. The number of carbonyl (C=O) groups excluding carboxylic acids is 1. The molecule has 5 heterocycles. The van der Waals surface area contributed by atoms with Gasteiger partial charge in [-0.05, 0) is 34.0 Å². The van der Waals surface area contributed by atoms with E-state index in [1.54, 1.807) is 22.3 Å². The molecule has 0 radical (unpaired) electrons. The fourth-order valence-electron chi connectivity index (χ4n) is 5.52. The fourth-order valence-corrected chi connectivity index (χ4v) is 7.87. The number of aromatic nitrogens is 1. The predicted octanol–water partition coefficient (Wildman–Crippen LogP) is 4.19. The van der Waals surface area contributed by atoms with Crippen molar-refractivity contribution >= 4 is 39.1 Å². The lowest BCUT2D eigenvalue weighted by Gasteiger charge is -2.51. The van der Waals surface area contributed by atoms with Gasteiger partial charge in [0.2, 0.25) is 5.43 Å². The van der Waals surface area contributed by atoms with E-state index in [0.717, 1.165) is 26.6 Å². The highest BCUT2D eigenvalue weighted by atomic mass is 32.2. The van der Waals surface area contributed by atoms with Gasteiger partial charge in [-0.1, -0.05) is 18.2 Å². The average Bonchev–Trinajstić information content (AvgIpc) is 3.32. The highest BCUT2D eigenvalue weighted by molar-refractivity contribution is 7.99. The number of amides is 1.